The number of nitrogens with zero attached hydrogens (tertiary/aromatic N) is 1. The molecular formula is C4H9NO3. The summed E-state index contributed by atoms with van der Waals surface area (Å²) in [6.45, 7) is 0. The Hall–Kier alpha value is -0.900. The topological polar surface area (TPSA) is 68.9 Å². The average molecular weight is 119 g/mol. The van der Waals surface area contributed by atoms with Crippen molar-refractivity contribution >= 4 is 12.2 Å². The first-order valence-electron chi connectivity index (χ1n) is 1.85. The highest BCUT2D eigenvalue weighted by atomic mass is 16.2. The summed E-state index contributed by atoms with van der Waals surface area (Å²) in [4.78, 5) is 20.8. The minimum absolute atomic E-state index is 0. The third-order valence-corrected chi connectivity index (χ3v) is 0.542. The number of carbonyl (C=O) groups is 2. The maximum Gasteiger partial charge on any atom is 0.286 e. The van der Waals surface area contributed by atoms with Crippen molar-refractivity contribution in [3.05, 3.63) is 0 Å². The molecule has 0 atom stereocenters. The first-order chi connectivity index (χ1) is 3.18. The molecule has 0 aliphatic carbocycles. The zero-order valence-electron chi connectivity index (χ0n) is 4.84. The van der Waals surface area contributed by atoms with Crippen LogP contribution in [0.25, 0.3) is 0 Å². The summed E-state index contributed by atoms with van der Waals surface area (Å²) < 4.78 is 0. The Labute approximate surface area is 47.4 Å². The largest absolute Gasteiger partial charge is 0.412 e. The molecule has 1 amide bonds. The van der Waals surface area contributed by atoms with E-state index in [1.54, 1.807) is 0 Å². The molecule has 0 saturated carbocycles. The summed E-state index contributed by atoms with van der Waals surface area (Å²) in [5, 5.41) is 0. The van der Waals surface area contributed by atoms with Gasteiger partial charge in [0.25, 0.3) is 5.91 Å². The third-order valence-electron chi connectivity index (χ3n) is 0.542. The standard InChI is InChI=1S/C4H7NO2.H2O/c1-5(2)4(7)3-6;/h3H,1-2H3;1H2. The summed E-state index contributed by atoms with van der Waals surface area (Å²) >= 11 is 0. The predicted octanol–water partition coefficient (Wildman–Crippen LogP) is -1.55. The van der Waals surface area contributed by atoms with Crippen molar-refractivity contribution < 1.29 is 15.1 Å². The molecular weight excluding hydrogens is 110 g/mol. The second kappa shape index (κ2) is 4.26. The van der Waals surface area contributed by atoms with Gasteiger partial charge in [0.2, 0.25) is 6.29 Å². The minimum Gasteiger partial charge on any atom is -0.412 e. The summed E-state index contributed by atoms with van der Waals surface area (Å²) in [7, 11) is 3.05. The van der Waals surface area contributed by atoms with Gasteiger partial charge in [-0.1, -0.05) is 0 Å². The van der Waals surface area contributed by atoms with Crippen LogP contribution in [0.3, 0.4) is 0 Å². The lowest BCUT2D eigenvalue weighted by Gasteiger charge is -2.01. The number of carbonyl (C=O) groups excluding carboxylic acids is 2. The van der Waals surface area contributed by atoms with Crippen LogP contribution in [0.15, 0.2) is 0 Å². The molecule has 0 heterocycles. The number of amides is 1. The second-order valence-electron chi connectivity index (χ2n) is 1.35. The van der Waals surface area contributed by atoms with Crippen LogP contribution in [-0.4, -0.2) is 36.7 Å². The van der Waals surface area contributed by atoms with Crippen LogP contribution in [0.5, 0.6) is 0 Å². The molecule has 0 aliphatic rings. The fourth-order valence-corrected chi connectivity index (χ4v) is 0.105. The third kappa shape index (κ3) is 3.30. The van der Waals surface area contributed by atoms with Crippen molar-refractivity contribution in [1.82, 2.24) is 4.90 Å². The van der Waals surface area contributed by atoms with Crippen LogP contribution in [0.2, 0.25) is 0 Å². The number of hydrogen-bond acceptors (Lipinski definition) is 2. The van der Waals surface area contributed by atoms with E-state index in [-0.39, 0.29) is 11.8 Å². The molecule has 0 radical (unpaired) electrons. The molecule has 0 aromatic heterocycles. The molecule has 2 N–H and O–H groups in total. The van der Waals surface area contributed by atoms with E-state index >= 15 is 0 Å². The van der Waals surface area contributed by atoms with Crippen molar-refractivity contribution in [3.63, 3.8) is 0 Å². The molecule has 0 aromatic carbocycles. The van der Waals surface area contributed by atoms with Gasteiger partial charge in [-0.25, -0.2) is 0 Å². The number of likely N-dealkylation sites (N-methyl/N-ethyl adjacent to an activating group) is 1. The monoisotopic (exact) mass is 119 g/mol. The SMILES string of the molecule is CN(C)C(=O)C=O.O. The Morgan fingerprint density at radius 2 is 1.88 bits per heavy atom. The predicted molar refractivity (Wildman–Crippen MR) is 28.4 cm³/mol. The van der Waals surface area contributed by atoms with E-state index in [0.29, 0.717) is 0 Å². The van der Waals surface area contributed by atoms with E-state index in [4.69, 9.17) is 0 Å². The number of aldehydes is 1. The lowest BCUT2D eigenvalue weighted by molar-refractivity contribution is -0.136. The summed E-state index contributed by atoms with van der Waals surface area (Å²) in [5.41, 5.74) is 0. The highest BCUT2D eigenvalue weighted by molar-refractivity contribution is 6.23. The van der Waals surface area contributed by atoms with Crippen LogP contribution >= 0.6 is 0 Å². The molecule has 48 valence electrons. The van der Waals surface area contributed by atoms with Gasteiger partial charge in [0.05, 0.1) is 0 Å². The minimum atomic E-state index is -0.500. The van der Waals surface area contributed by atoms with Gasteiger partial charge in [0.15, 0.2) is 0 Å². The smallest absolute Gasteiger partial charge is 0.286 e. The van der Waals surface area contributed by atoms with Crippen LogP contribution in [0.4, 0.5) is 0 Å². The highest BCUT2D eigenvalue weighted by Gasteiger charge is 1.96. The molecule has 0 bridgehead atoms. The molecule has 4 heteroatoms. The Balaban J connectivity index is 0. The van der Waals surface area contributed by atoms with E-state index in [9.17, 15) is 9.59 Å². The Morgan fingerprint density at radius 1 is 1.50 bits per heavy atom. The molecule has 4 nitrogen and oxygen atoms in total. The van der Waals surface area contributed by atoms with Crippen molar-refractivity contribution in [2.24, 2.45) is 0 Å². The van der Waals surface area contributed by atoms with E-state index in [0.717, 1.165) is 0 Å². The van der Waals surface area contributed by atoms with E-state index in [1.165, 1.54) is 19.0 Å². The molecule has 0 fully saturated rings. The number of hydrogen-bond donors (Lipinski definition) is 0. The van der Waals surface area contributed by atoms with Gasteiger partial charge in [-0.05, 0) is 0 Å². The molecule has 0 saturated heterocycles. The van der Waals surface area contributed by atoms with Crippen molar-refractivity contribution in [1.29, 1.82) is 0 Å². The van der Waals surface area contributed by atoms with Crippen molar-refractivity contribution in [3.8, 4) is 0 Å². The van der Waals surface area contributed by atoms with Gasteiger partial charge in [0.1, 0.15) is 0 Å². The summed E-state index contributed by atoms with van der Waals surface area (Å²) in [6.07, 6.45) is 0.278. The highest BCUT2D eigenvalue weighted by Crippen LogP contribution is 1.68. The van der Waals surface area contributed by atoms with Gasteiger partial charge >= 0.3 is 0 Å². The molecule has 0 unspecified atom stereocenters. The van der Waals surface area contributed by atoms with Crippen molar-refractivity contribution in [2.75, 3.05) is 14.1 Å². The normalized spacial score (nSPS) is 6.75. The maximum atomic E-state index is 10.1. The Kier molecular flexibility index (Phi) is 5.41. The zero-order valence-corrected chi connectivity index (χ0v) is 4.84. The fourth-order valence-electron chi connectivity index (χ4n) is 0.105. The lowest BCUT2D eigenvalue weighted by Crippen LogP contribution is -2.22. The van der Waals surface area contributed by atoms with Crippen LogP contribution in [0.1, 0.15) is 0 Å². The molecule has 8 heavy (non-hydrogen) atoms. The van der Waals surface area contributed by atoms with Gasteiger partial charge in [-0.15, -0.1) is 0 Å². The fraction of sp³-hybridized carbons (Fsp3) is 0.500. The van der Waals surface area contributed by atoms with Gasteiger partial charge < -0.3 is 10.4 Å². The molecule has 0 rings (SSSR count). The summed E-state index contributed by atoms with van der Waals surface area (Å²) in [5.74, 6) is -0.500. The quantitative estimate of drug-likeness (QED) is 0.309. The van der Waals surface area contributed by atoms with E-state index < -0.39 is 5.91 Å². The Morgan fingerprint density at radius 3 is 1.88 bits per heavy atom. The van der Waals surface area contributed by atoms with Gasteiger partial charge in [-0.2, -0.15) is 0 Å². The van der Waals surface area contributed by atoms with Crippen molar-refractivity contribution in [2.45, 2.75) is 0 Å². The molecule has 0 aromatic rings. The summed E-state index contributed by atoms with van der Waals surface area (Å²) in [6, 6.07) is 0. The second-order valence-corrected chi connectivity index (χ2v) is 1.35. The first kappa shape index (κ1) is 10.2. The van der Waals surface area contributed by atoms with Gasteiger partial charge in [-0.3, -0.25) is 9.59 Å². The lowest BCUT2D eigenvalue weighted by atomic mass is 10.6. The van der Waals surface area contributed by atoms with Crippen LogP contribution in [0, 0.1) is 0 Å². The number of rotatable bonds is 1. The van der Waals surface area contributed by atoms with Crippen LogP contribution < -0.4 is 0 Å². The first-order valence-corrected chi connectivity index (χ1v) is 1.85. The maximum absolute atomic E-state index is 10.1. The van der Waals surface area contributed by atoms with Gasteiger partial charge in [0, 0.05) is 14.1 Å². The van der Waals surface area contributed by atoms with E-state index in [2.05, 4.69) is 0 Å². The zero-order chi connectivity index (χ0) is 5.86. The molecule has 0 aliphatic heterocycles. The average Bonchev–Trinajstić information content (AvgIpc) is 1.65. The van der Waals surface area contributed by atoms with E-state index in [1.807, 2.05) is 0 Å². The Bertz CT molecular complexity index is 89.3. The molecule has 0 spiro atoms. The van der Waals surface area contributed by atoms with Crippen LogP contribution in [-0.2, 0) is 9.59 Å².